The van der Waals surface area contributed by atoms with E-state index in [9.17, 15) is 4.39 Å². The summed E-state index contributed by atoms with van der Waals surface area (Å²) in [6, 6.07) is 6.48. The molecule has 1 unspecified atom stereocenters. The Balaban J connectivity index is 1.92. The summed E-state index contributed by atoms with van der Waals surface area (Å²) in [4.78, 5) is 0. The molecule has 2 rings (SSSR count). The van der Waals surface area contributed by atoms with Gasteiger partial charge in [0.15, 0.2) is 0 Å². The number of thioether (sulfide) groups is 1. The largest absolute Gasteiger partial charge is 0.382 e. The minimum absolute atomic E-state index is 0.343. The Morgan fingerprint density at radius 1 is 1.47 bits per heavy atom. The number of nitrogens with zero attached hydrogens (tertiary/aromatic N) is 1. The molecule has 0 amide bonds. The van der Waals surface area contributed by atoms with Gasteiger partial charge in [0.05, 0.1) is 17.3 Å². The van der Waals surface area contributed by atoms with E-state index in [0.717, 1.165) is 6.54 Å². The third-order valence-corrected chi connectivity index (χ3v) is 4.29. The predicted octanol–water partition coefficient (Wildman–Crippen LogP) is 3.39. The number of nitriles is 1. The first kappa shape index (κ1) is 12.3. The summed E-state index contributed by atoms with van der Waals surface area (Å²) < 4.78 is 13.6. The molecule has 0 bridgehead atoms. The van der Waals surface area contributed by atoms with E-state index in [1.165, 1.54) is 31.1 Å². The molecule has 4 heteroatoms. The normalized spacial score (nSPS) is 19.6. The summed E-state index contributed by atoms with van der Waals surface area (Å²) in [6.45, 7) is 0.799. The fraction of sp³-hybridized carbons (Fsp3) is 0.462. The number of rotatable bonds is 3. The first-order chi connectivity index (χ1) is 8.29. The number of hydrogen-bond donors (Lipinski definition) is 1. The van der Waals surface area contributed by atoms with Crippen LogP contribution in [0.5, 0.6) is 0 Å². The van der Waals surface area contributed by atoms with E-state index in [1.807, 2.05) is 17.8 Å². The van der Waals surface area contributed by atoms with Gasteiger partial charge in [0.1, 0.15) is 5.82 Å². The van der Waals surface area contributed by atoms with Crippen molar-refractivity contribution in [2.75, 3.05) is 17.6 Å². The van der Waals surface area contributed by atoms with E-state index in [2.05, 4.69) is 5.32 Å². The summed E-state index contributed by atoms with van der Waals surface area (Å²) >= 11 is 1.96. The van der Waals surface area contributed by atoms with E-state index in [4.69, 9.17) is 5.26 Å². The van der Waals surface area contributed by atoms with Crippen molar-refractivity contribution in [1.82, 2.24) is 0 Å². The van der Waals surface area contributed by atoms with Gasteiger partial charge in [-0.3, -0.25) is 0 Å². The summed E-state index contributed by atoms with van der Waals surface area (Å²) in [5.41, 5.74) is 0.857. The molecule has 90 valence electrons. The molecule has 0 radical (unpaired) electrons. The molecule has 0 aliphatic carbocycles. The second-order valence-corrected chi connectivity index (χ2v) is 5.58. The lowest BCUT2D eigenvalue weighted by Gasteiger charge is -2.22. The van der Waals surface area contributed by atoms with Gasteiger partial charge in [-0.25, -0.2) is 4.39 Å². The van der Waals surface area contributed by atoms with Gasteiger partial charge in [-0.05, 0) is 36.8 Å². The third kappa shape index (κ3) is 3.37. The van der Waals surface area contributed by atoms with Crippen molar-refractivity contribution < 1.29 is 4.39 Å². The van der Waals surface area contributed by atoms with Crippen LogP contribution in [0.25, 0.3) is 0 Å². The van der Waals surface area contributed by atoms with Gasteiger partial charge in [0.25, 0.3) is 0 Å². The van der Waals surface area contributed by atoms with Gasteiger partial charge < -0.3 is 5.32 Å². The molecule has 1 saturated heterocycles. The molecule has 17 heavy (non-hydrogen) atoms. The van der Waals surface area contributed by atoms with Crippen LogP contribution < -0.4 is 5.32 Å². The Morgan fingerprint density at radius 2 is 2.35 bits per heavy atom. The standard InChI is InChI=1S/C13H15FN2S/c14-12-7-10(8-15)4-5-13(12)16-9-11-3-1-2-6-17-11/h4-5,7,11,16H,1-3,6,9H2. The molecule has 1 N–H and O–H groups in total. The van der Waals surface area contributed by atoms with Crippen LogP contribution in [-0.4, -0.2) is 17.5 Å². The average molecular weight is 250 g/mol. The van der Waals surface area contributed by atoms with Gasteiger partial charge >= 0.3 is 0 Å². The summed E-state index contributed by atoms with van der Waals surface area (Å²) in [5, 5.41) is 12.4. The summed E-state index contributed by atoms with van der Waals surface area (Å²) in [6.07, 6.45) is 3.77. The quantitative estimate of drug-likeness (QED) is 0.893. The van der Waals surface area contributed by atoms with Crippen molar-refractivity contribution in [3.05, 3.63) is 29.6 Å². The van der Waals surface area contributed by atoms with Gasteiger partial charge in [-0.1, -0.05) is 6.42 Å². The minimum Gasteiger partial charge on any atom is -0.382 e. The van der Waals surface area contributed by atoms with Crippen LogP contribution in [0.3, 0.4) is 0 Å². The fourth-order valence-corrected chi connectivity index (χ4v) is 3.16. The predicted molar refractivity (Wildman–Crippen MR) is 69.7 cm³/mol. The lowest BCUT2D eigenvalue weighted by molar-refractivity contribution is 0.626. The molecule has 1 fully saturated rings. The Hall–Kier alpha value is -1.21. The van der Waals surface area contributed by atoms with E-state index in [1.54, 1.807) is 12.1 Å². The maximum atomic E-state index is 13.6. The smallest absolute Gasteiger partial charge is 0.147 e. The molecule has 1 aromatic carbocycles. The number of anilines is 1. The van der Waals surface area contributed by atoms with Crippen LogP contribution in [0.2, 0.25) is 0 Å². The average Bonchev–Trinajstić information content (AvgIpc) is 2.38. The van der Waals surface area contributed by atoms with Crippen LogP contribution in [-0.2, 0) is 0 Å². The highest BCUT2D eigenvalue weighted by atomic mass is 32.2. The Morgan fingerprint density at radius 3 is 3.00 bits per heavy atom. The maximum Gasteiger partial charge on any atom is 0.147 e. The van der Waals surface area contributed by atoms with E-state index >= 15 is 0 Å². The second kappa shape index (κ2) is 5.92. The van der Waals surface area contributed by atoms with E-state index < -0.39 is 0 Å². The third-order valence-electron chi connectivity index (χ3n) is 2.89. The molecule has 0 aromatic heterocycles. The highest BCUT2D eigenvalue weighted by Crippen LogP contribution is 2.25. The Labute approximate surface area is 105 Å². The van der Waals surface area contributed by atoms with Crippen LogP contribution in [0.4, 0.5) is 10.1 Å². The maximum absolute atomic E-state index is 13.6. The molecule has 1 atom stereocenters. The molecule has 1 heterocycles. The van der Waals surface area contributed by atoms with Crippen molar-refractivity contribution in [3.63, 3.8) is 0 Å². The van der Waals surface area contributed by atoms with Crippen molar-refractivity contribution in [3.8, 4) is 6.07 Å². The topological polar surface area (TPSA) is 35.8 Å². The van der Waals surface area contributed by atoms with Gasteiger partial charge in [-0.15, -0.1) is 0 Å². The minimum atomic E-state index is -0.343. The molecule has 1 aliphatic heterocycles. The van der Waals surface area contributed by atoms with Crippen molar-refractivity contribution >= 4 is 17.4 Å². The van der Waals surface area contributed by atoms with Gasteiger partial charge in [0, 0.05) is 11.8 Å². The van der Waals surface area contributed by atoms with Crippen molar-refractivity contribution in [1.29, 1.82) is 5.26 Å². The van der Waals surface area contributed by atoms with Crippen molar-refractivity contribution in [2.24, 2.45) is 0 Å². The number of halogens is 1. The van der Waals surface area contributed by atoms with Crippen LogP contribution in [0, 0.1) is 17.1 Å². The fourth-order valence-electron chi connectivity index (χ4n) is 1.92. The Bertz CT molecular complexity index is 422. The number of benzene rings is 1. The molecule has 1 aliphatic rings. The SMILES string of the molecule is N#Cc1ccc(NCC2CCCCS2)c(F)c1. The summed E-state index contributed by atoms with van der Waals surface area (Å²) in [5.74, 6) is 0.868. The second-order valence-electron chi connectivity index (χ2n) is 4.18. The molecule has 0 spiro atoms. The zero-order valence-electron chi connectivity index (χ0n) is 9.58. The van der Waals surface area contributed by atoms with Crippen LogP contribution in [0.1, 0.15) is 24.8 Å². The molecule has 0 saturated carbocycles. The number of hydrogen-bond acceptors (Lipinski definition) is 3. The molecule has 2 nitrogen and oxygen atoms in total. The highest BCUT2D eigenvalue weighted by Gasteiger charge is 2.14. The lowest BCUT2D eigenvalue weighted by Crippen LogP contribution is -2.20. The first-order valence-corrected chi connectivity index (χ1v) is 6.89. The number of nitrogens with one attached hydrogen (secondary N) is 1. The lowest BCUT2D eigenvalue weighted by atomic mass is 10.1. The van der Waals surface area contributed by atoms with Crippen LogP contribution >= 0.6 is 11.8 Å². The molecule has 1 aromatic rings. The van der Waals surface area contributed by atoms with E-state index in [0.29, 0.717) is 16.5 Å². The highest BCUT2D eigenvalue weighted by molar-refractivity contribution is 7.99. The first-order valence-electron chi connectivity index (χ1n) is 5.85. The molecular weight excluding hydrogens is 235 g/mol. The zero-order chi connectivity index (χ0) is 12.1. The van der Waals surface area contributed by atoms with Crippen LogP contribution in [0.15, 0.2) is 18.2 Å². The monoisotopic (exact) mass is 250 g/mol. The van der Waals surface area contributed by atoms with E-state index in [-0.39, 0.29) is 5.82 Å². The zero-order valence-corrected chi connectivity index (χ0v) is 10.4. The van der Waals surface area contributed by atoms with Gasteiger partial charge in [-0.2, -0.15) is 17.0 Å². The van der Waals surface area contributed by atoms with Crippen molar-refractivity contribution in [2.45, 2.75) is 24.5 Å². The Kier molecular flexibility index (Phi) is 4.27. The van der Waals surface area contributed by atoms with Gasteiger partial charge in [0.2, 0.25) is 0 Å². The molecular formula is C13H15FN2S. The summed E-state index contributed by atoms with van der Waals surface area (Å²) in [7, 11) is 0.